The topological polar surface area (TPSA) is 113 Å². The fraction of sp³-hybridized carbons (Fsp3) is 0.424. The third-order valence-electron chi connectivity index (χ3n) is 8.23. The Labute approximate surface area is 235 Å². The molecule has 2 aliphatic rings. The Morgan fingerprint density at radius 3 is 2.50 bits per heavy atom. The molecule has 2 heterocycles. The third kappa shape index (κ3) is 5.10. The molecule has 212 valence electrons. The van der Waals surface area contributed by atoms with E-state index in [1.54, 1.807) is 32.9 Å². The molecule has 7 nitrogen and oxygen atoms in total. The van der Waals surface area contributed by atoms with Crippen molar-refractivity contribution < 1.29 is 29.3 Å². The smallest absolute Gasteiger partial charge is 0.320 e. The van der Waals surface area contributed by atoms with E-state index in [2.05, 4.69) is 5.32 Å². The summed E-state index contributed by atoms with van der Waals surface area (Å²) in [6.45, 7) is 12.8. The van der Waals surface area contributed by atoms with E-state index < -0.39 is 29.5 Å². The Morgan fingerprint density at radius 1 is 1.15 bits per heavy atom. The van der Waals surface area contributed by atoms with Crippen LogP contribution in [0.5, 0.6) is 5.75 Å². The third-order valence-corrected chi connectivity index (χ3v) is 8.23. The summed E-state index contributed by atoms with van der Waals surface area (Å²) in [6.07, 6.45) is 7.43. The SMILES string of the molecule is CCC1C=CC(O)C(C=C(C)C)OC(=O)C2(C)C=CC(=O)Nc3c2c(C)c2c(c(O)c(C)cc2c3C)C(=O)CC1. The van der Waals surface area contributed by atoms with Crippen molar-refractivity contribution in [3.63, 3.8) is 0 Å². The van der Waals surface area contributed by atoms with Crippen molar-refractivity contribution in [2.75, 3.05) is 5.32 Å². The number of phenols is 1. The van der Waals surface area contributed by atoms with Gasteiger partial charge >= 0.3 is 5.97 Å². The predicted molar refractivity (Wildman–Crippen MR) is 157 cm³/mol. The van der Waals surface area contributed by atoms with Gasteiger partial charge in [0.15, 0.2) is 5.78 Å². The lowest BCUT2D eigenvalue weighted by molar-refractivity contribution is -0.154. The van der Waals surface area contributed by atoms with Gasteiger partial charge in [0.2, 0.25) is 5.91 Å². The zero-order valence-corrected chi connectivity index (χ0v) is 24.3. The molecule has 3 N–H and O–H groups in total. The van der Waals surface area contributed by atoms with Crippen molar-refractivity contribution in [1.29, 1.82) is 0 Å². The molecule has 2 bridgehead atoms. The molecular weight excluding hydrogens is 506 g/mol. The zero-order chi connectivity index (χ0) is 29.5. The lowest BCUT2D eigenvalue weighted by Crippen LogP contribution is -2.39. The molecule has 2 aliphatic heterocycles. The fourth-order valence-corrected chi connectivity index (χ4v) is 5.90. The van der Waals surface area contributed by atoms with Crippen molar-refractivity contribution >= 4 is 34.1 Å². The molecule has 0 aromatic heterocycles. The first-order valence-corrected chi connectivity index (χ1v) is 13.9. The fourth-order valence-electron chi connectivity index (χ4n) is 5.90. The largest absolute Gasteiger partial charge is 0.507 e. The average molecular weight is 546 g/mol. The number of ether oxygens (including phenoxy) is 1. The summed E-state index contributed by atoms with van der Waals surface area (Å²) in [5.41, 5.74) is 2.44. The number of esters is 1. The number of allylic oxidation sites excluding steroid dienone is 2. The van der Waals surface area contributed by atoms with Gasteiger partial charge < -0.3 is 20.3 Å². The number of benzene rings is 2. The highest BCUT2D eigenvalue weighted by atomic mass is 16.6. The Hall–Kier alpha value is -3.71. The van der Waals surface area contributed by atoms with Crippen LogP contribution in [0.15, 0.2) is 42.0 Å². The van der Waals surface area contributed by atoms with Gasteiger partial charge in [-0.1, -0.05) is 30.7 Å². The van der Waals surface area contributed by atoms with Crippen LogP contribution in [-0.2, 0) is 19.7 Å². The summed E-state index contributed by atoms with van der Waals surface area (Å²) in [5.74, 6) is -1.32. The van der Waals surface area contributed by atoms with Crippen LogP contribution in [0, 0.1) is 26.7 Å². The van der Waals surface area contributed by atoms with E-state index in [0.29, 0.717) is 39.7 Å². The van der Waals surface area contributed by atoms with E-state index in [-0.39, 0.29) is 29.4 Å². The number of Topliss-reactive ketones (excluding diaryl/α,β-unsaturated/α-hetero) is 1. The number of aromatic hydroxyl groups is 1. The number of nitrogens with one attached hydrogen (secondary N) is 1. The molecule has 0 aliphatic carbocycles. The number of phenolic OH excluding ortho intramolecular Hbond substituents is 1. The minimum absolute atomic E-state index is 0.00371. The maximum absolute atomic E-state index is 14.1. The molecule has 0 spiro atoms. The number of hydrogen-bond donors (Lipinski definition) is 3. The van der Waals surface area contributed by atoms with Crippen LogP contribution >= 0.6 is 0 Å². The van der Waals surface area contributed by atoms with Gasteiger partial charge in [-0.25, -0.2) is 0 Å². The monoisotopic (exact) mass is 545 g/mol. The quantitative estimate of drug-likeness (QED) is 0.314. The molecular formula is C33H39NO6. The molecule has 40 heavy (non-hydrogen) atoms. The van der Waals surface area contributed by atoms with Crippen molar-refractivity contribution in [2.24, 2.45) is 5.92 Å². The Kier molecular flexibility index (Phi) is 8.08. The van der Waals surface area contributed by atoms with E-state index in [4.69, 9.17) is 4.74 Å². The number of aliphatic hydroxyl groups excluding tert-OH is 1. The highest BCUT2D eigenvalue weighted by Crippen LogP contribution is 2.46. The number of anilines is 1. The number of hydrogen-bond acceptors (Lipinski definition) is 6. The van der Waals surface area contributed by atoms with Gasteiger partial charge in [-0.2, -0.15) is 0 Å². The summed E-state index contributed by atoms with van der Waals surface area (Å²) in [5, 5.41) is 26.5. The molecule has 0 saturated carbocycles. The van der Waals surface area contributed by atoms with Crippen LogP contribution in [-0.4, -0.2) is 40.1 Å². The van der Waals surface area contributed by atoms with Gasteiger partial charge in [-0.15, -0.1) is 0 Å². The highest BCUT2D eigenvalue weighted by molar-refractivity contribution is 6.16. The average Bonchev–Trinajstić information content (AvgIpc) is 3.03. The zero-order valence-electron chi connectivity index (χ0n) is 24.3. The molecule has 0 saturated heterocycles. The Bertz CT molecular complexity index is 1490. The first-order valence-electron chi connectivity index (χ1n) is 13.9. The molecule has 1 amide bonds. The van der Waals surface area contributed by atoms with Crippen molar-refractivity contribution in [3.05, 3.63) is 69.8 Å². The number of cyclic esters (lactones) is 1. The second kappa shape index (κ2) is 11.0. The van der Waals surface area contributed by atoms with Crippen LogP contribution in [0.4, 0.5) is 5.69 Å². The summed E-state index contributed by atoms with van der Waals surface area (Å²) < 4.78 is 6.01. The van der Waals surface area contributed by atoms with Gasteiger partial charge in [0.25, 0.3) is 0 Å². The van der Waals surface area contributed by atoms with Crippen LogP contribution in [0.2, 0.25) is 0 Å². The van der Waals surface area contributed by atoms with Gasteiger partial charge in [-0.3, -0.25) is 14.4 Å². The van der Waals surface area contributed by atoms with E-state index in [0.717, 1.165) is 17.4 Å². The molecule has 2 aromatic carbocycles. The number of carbonyl (C=O) groups excluding carboxylic acids is 3. The van der Waals surface area contributed by atoms with Gasteiger partial charge in [-0.05, 0) is 99.9 Å². The van der Waals surface area contributed by atoms with Crippen molar-refractivity contribution in [3.8, 4) is 5.75 Å². The number of aryl methyl sites for hydroxylation is 3. The summed E-state index contributed by atoms with van der Waals surface area (Å²) in [7, 11) is 0. The molecule has 0 fully saturated rings. The second-order valence-electron chi connectivity index (χ2n) is 11.5. The van der Waals surface area contributed by atoms with Gasteiger partial charge in [0.05, 0.1) is 5.56 Å². The van der Waals surface area contributed by atoms with Gasteiger partial charge in [0, 0.05) is 23.7 Å². The number of amides is 1. The first-order chi connectivity index (χ1) is 18.8. The molecule has 0 radical (unpaired) electrons. The number of carbonyl (C=O) groups is 3. The molecule has 4 unspecified atom stereocenters. The number of ketones is 1. The van der Waals surface area contributed by atoms with Crippen LogP contribution in [0.1, 0.15) is 79.6 Å². The summed E-state index contributed by atoms with van der Waals surface area (Å²) in [4.78, 5) is 40.7. The summed E-state index contributed by atoms with van der Waals surface area (Å²) in [6, 6.07) is 1.82. The molecule has 2 aromatic rings. The molecule has 4 atom stereocenters. The standard InChI is InChI=1S/C33H39NO6/c1-8-21-9-11-23(35)25(15-17(2)3)40-32(39)33(7)14-13-26(37)34-30-19(5)22-16-18(4)31(38)28(24(36)12-10-21)27(22)20(6)29(30)33/h9,11,13-16,21,23,25,35,38H,8,10,12H2,1-7H3,(H,34,37). The lowest BCUT2D eigenvalue weighted by Gasteiger charge is -2.32. The maximum atomic E-state index is 14.1. The minimum Gasteiger partial charge on any atom is -0.507 e. The Balaban J connectivity index is 2.11. The van der Waals surface area contributed by atoms with Crippen molar-refractivity contribution in [2.45, 2.75) is 85.4 Å². The highest BCUT2D eigenvalue weighted by Gasteiger charge is 2.43. The number of aliphatic hydroxyl groups is 1. The van der Waals surface area contributed by atoms with Gasteiger partial charge in [0.1, 0.15) is 23.4 Å². The number of rotatable bonds is 2. The van der Waals surface area contributed by atoms with Crippen LogP contribution in [0.25, 0.3) is 10.8 Å². The molecule has 4 rings (SSSR count). The normalized spacial score (nSPS) is 25.2. The summed E-state index contributed by atoms with van der Waals surface area (Å²) >= 11 is 0. The minimum atomic E-state index is -1.44. The Morgan fingerprint density at radius 2 is 1.85 bits per heavy atom. The lowest BCUT2D eigenvalue weighted by atomic mass is 9.75. The van der Waals surface area contributed by atoms with Crippen LogP contribution in [0.3, 0.4) is 0 Å². The van der Waals surface area contributed by atoms with Crippen molar-refractivity contribution in [1.82, 2.24) is 0 Å². The molecule has 7 heteroatoms. The van der Waals surface area contributed by atoms with Crippen LogP contribution < -0.4 is 5.32 Å². The van der Waals surface area contributed by atoms with E-state index in [9.17, 15) is 24.6 Å². The van der Waals surface area contributed by atoms with E-state index >= 15 is 0 Å². The first kappa shape index (κ1) is 29.3. The van der Waals surface area contributed by atoms with E-state index in [1.165, 1.54) is 12.2 Å². The second-order valence-corrected chi connectivity index (χ2v) is 11.5. The maximum Gasteiger partial charge on any atom is 0.320 e. The van der Waals surface area contributed by atoms with E-state index in [1.807, 2.05) is 39.8 Å². The predicted octanol–water partition coefficient (Wildman–Crippen LogP) is 6.03.